The molecule has 0 radical (unpaired) electrons. The number of carbonyl (C=O) groups excluding carboxylic acids is 1. The first-order valence-electron chi connectivity index (χ1n) is 11.3. The monoisotopic (exact) mass is 376 g/mol. The van der Waals surface area contributed by atoms with E-state index in [2.05, 4.69) is 12.2 Å². The molecule has 1 aliphatic rings. The molecule has 156 valence electrons. The van der Waals surface area contributed by atoms with Gasteiger partial charge in [0, 0.05) is 18.8 Å². The smallest absolute Gasteiger partial charge is 0.217 e. The van der Waals surface area contributed by atoms with E-state index < -0.39 is 0 Å². The van der Waals surface area contributed by atoms with Gasteiger partial charge in [-0.1, -0.05) is 109 Å². The minimum absolute atomic E-state index is 0.153. The Bertz CT molecular complexity index is 385. The maximum atomic E-state index is 10.6. The van der Waals surface area contributed by atoms with Crippen molar-refractivity contribution in [3.05, 3.63) is 36.7 Å². The van der Waals surface area contributed by atoms with Gasteiger partial charge < -0.3 is 11.1 Å². The molecular weight excluding hydrogens is 332 g/mol. The van der Waals surface area contributed by atoms with Crippen LogP contribution in [0.3, 0.4) is 0 Å². The van der Waals surface area contributed by atoms with E-state index in [1.807, 2.05) is 36.7 Å². The lowest BCUT2D eigenvalue weighted by Gasteiger charge is -2.03. The average molecular weight is 377 g/mol. The fraction of sp³-hybridized carbons (Fsp3) is 0.708. The Morgan fingerprint density at radius 1 is 0.630 bits per heavy atom. The van der Waals surface area contributed by atoms with Crippen molar-refractivity contribution in [2.75, 3.05) is 0 Å². The number of hydrogen-bond acceptors (Lipinski definition) is 2. The van der Waals surface area contributed by atoms with Gasteiger partial charge in [-0.2, -0.15) is 0 Å². The second-order valence-corrected chi connectivity index (χ2v) is 7.44. The lowest BCUT2D eigenvalue weighted by Crippen LogP contribution is -2.09. The maximum Gasteiger partial charge on any atom is 0.217 e. The van der Waals surface area contributed by atoms with E-state index in [9.17, 15) is 4.79 Å². The molecule has 27 heavy (non-hydrogen) atoms. The van der Waals surface area contributed by atoms with Gasteiger partial charge in [-0.3, -0.25) is 4.79 Å². The van der Waals surface area contributed by atoms with Crippen molar-refractivity contribution in [3.8, 4) is 0 Å². The van der Waals surface area contributed by atoms with Gasteiger partial charge in [0.1, 0.15) is 0 Å². The van der Waals surface area contributed by atoms with Gasteiger partial charge in [0.2, 0.25) is 5.91 Å². The van der Waals surface area contributed by atoms with Crippen LogP contribution in [-0.4, -0.2) is 5.91 Å². The number of nitrogens with two attached hydrogens (primary N) is 1. The number of nitrogens with one attached hydrogen (secondary N) is 1. The molecule has 1 heterocycles. The Morgan fingerprint density at radius 3 is 1.37 bits per heavy atom. The quantitative estimate of drug-likeness (QED) is 0.288. The molecule has 0 unspecified atom stereocenters. The predicted molar refractivity (Wildman–Crippen MR) is 119 cm³/mol. The normalized spacial score (nSPS) is 12.2. The number of hydrogen-bond donors (Lipinski definition) is 2. The summed E-state index contributed by atoms with van der Waals surface area (Å²) in [5.41, 5.74) is 5.11. The zero-order valence-electron chi connectivity index (χ0n) is 17.8. The lowest BCUT2D eigenvalue weighted by atomic mass is 10.0. The van der Waals surface area contributed by atoms with E-state index in [0.29, 0.717) is 6.42 Å². The molecule has 0 aromatic rings. The predicted octanol–water partition coefficient (Wildman–Crippen LogP) is 6.91. The first-order chi connectivity index (χ1) is 13.3. The summed E-state index contributed by atoms with van der Waals surface area (Å²) in [4.78, 5) is 10.6. The van der Waals surface area contributed by atoms with Gasteiger partial charge >= 0.3 is 0 Å². The molecule has 0 atom stereocenters. The summed E-state index contributed by atoms with van der Waals surface area (Å²) in [6.45, 7) is 2.28. The Labute approximate surface area is 168 Å². The Hall–Kier alpha value is -1.51. The van der Waals surface area contributed by atoms with E-state index >= 15 is 0 Å². The zero-order chi connectivity index (χ0) is 19.8. The van der Waals surface area contributed by atoms with Crippen molar-refractivity contribution in [2.24, 2.45) is 5.73 Å². The molecule has 1 aliphatic heterocycles. The molecule has 0 bridgehead atoms. The van der Waals surface area contributed by atoms with Crippen molar-refractivity contribution in [1.82, 2.24) is 5.32 Å². The maximum absolute atomic E-state index is 10.6. The SMILES string of the molecule is C1=CC=CNC=C1.CCCCCCCCCCCCCCCCCC(N)=O. The second kappa shape index (κ2) is 22.5. The highest BCUT2D eigenvalue weighted by molar-refractivity contribution is 5.73. The third kappa shape index (κ3) is 24.5. The summed E-state index contributed by atoms with van der Waals surface area (Å²) < 4.78 is 0. The number of carbonyl (C=O) groups is 1. The molecule has 0 saturated heterocycles. The van der Waals surface area contributed by atoms with Gasteiger partial charge in [-0.15, -0.1) is 0 Å². The van der Waals surface area contributed by atoms with Crippen molar-refractivity contribution in [1.29, 1.82) is 0 Å². The summed E-state index contributed by atoms with van der Waals surface area (Å²) >= 11 is 0. The van der Waals surface area contributed by atoms with Crippen LogP contribution in [0.1, 0.15) is 110 Å². The third-order valence-electron chi connectivity index (χ3n) is 4.74. The van der Waals surface area contributed by atoms with Crippen molar-refractivity contribution >= 4 is 5.91 Å². The Kier molecular flexibility index (Phi) is 21.3. The zero-order valence-corrected chi connectivity index (χ0v) is 17.8. The number of rotatable bonds is 16. The van der Waals surface area contributed by atoms with E-state index in [-0.39, 0.29) is 5.91 Å². The van der Waals surface area contributed by atoms with Crippen LogP contribution in [-0.2, 0) is 4.79 Å². The molecule has 0 aromatic heterocycles. The standard InChI is InChI=1S/C18H37NO.C6H7N/c1-2-3-4-5-6-7-8-9-10-11-12-13-14-15-16-17-18(19)20;1-2-4-6-7-5-3-1/h2-17H2,1H3,(H2,19,20);1-7H. The Balaban J connectivity index is 0.000000797. The molecular formula is C24H44N2O. The van der Waals surface area contributed by atoms with Crippen LogP contribution in [0.25, 0.3) is 0 Å². The van der Waals surface area contributed by atoms with Crippen LogP contribution >= 0.6 is 0 Å². The highest BCUT2D eigenvalue weighted by atomic mass is 16.1. The fourth-order valence-electron chi connectivity index (χ4n) is 3.08. The summed E-state index contributed by atoms with van der Waals surface area (Å²) in [5.74, 6) is -0.153. The van der Waals surface area contributed by atoms with Crippen molar-refractivity contribution < 1.29 is 4.79 Å². The van der Waals surface area contributed by atoms with Crippen LogP contribution in [0, 0.1) is 0 Å². The summed E-state index contributed by atoms with van der Waals surface area (Å²) in [6.07, 6.45) is 32.5. The molecule has 1 amide bonds. The van der Waals surface area contributed by atoms with Crippen LogP contribution in [0.5, 0.6) is 0 Å². The molecule has 3 heteroatoms. The summed E-state index contributed by atoms with van der Waals surface area (Å²) in [5, 5.41) is 2.92. The number of primary amides is 1. The molecule has 0 saturated carbocycles. The average Bonchev–Trinajstić information content (AvgIpc) is 2.98. The van der Waals surface area contributed by atoms with Crippen LogP contribution in [0.15, 0.2) is 36.7 Å². The first kappa shape index (κ1) is 25.5. The van der Waals surface area contributed by atoms with Crippen LogP contribution in [0.2, 0.25) is 0 Å². The van der Waals surface area contributed by atoms with Gasteiger partial charge in [-0.25, -0.2) is 0 Å². The molecule has 0 fully saturated rings. The second-order valence-electron chi connectivity index (χ2n) is 7.44. The minimum Gasteiger partial charge on any atom is -0.370 e. The van der Waals surface area contributed by atoms with Crippen molar-refractivity contribution in [3.63, 3.8) is 0 Å². The Morgan fingerprint density at radius 2 is 1.00 bits per heavy atom. The van der Waals surface area contributed by atoms with Gasteiger partial charge in [0.05, 0.1) is 0 Å². The first-order valence-corrected chi connectivity index (χ1v) is 11.3. The van der Waals surface area contributed by atoms with E-state index in [1.54, 1.807) is 0 Å². The summed E-state index contributed by atoms with van der Waals surface area (Å²) in [6, 6.07) is 0. The molecule has 0 aliphatic carbocycles. The number of amides is 1. The minimum atomic E-state index is -0.153. The third-order valence-corrected chi connectivity index (χ3v) is 4.74. The molecule has 3 nitrogen and oxygen atoms in total. The van der Waals surface area contributed by atoms with Gasteiger partial charge in [0.25, 0.3) is 0 Å². The molecule has 0 aromatic carbocycles. The van der Waals surface area contributed by atoms with E-state index in [0.717, 1.165) is 6.42 Å². The van der Waals surface area contributed by atoms with Gasteiger partial charge in [0.15, 0.2) is 0 Å². The number of unbranched alkanes of at least 4 members (excludes halogenated alkanes) is 14. The summed E-state index contributed by atoms with van der Waals surface area (Å²) in [7, 11) is 0. The van der Waals surface area contributed by atoms with Crippen LogP contribution in [0.4, 0.5) is 0 Å². The number of allylic oxidation sites excluding steroid dienone is 4. The van der Waals surface area contributed by atoms with Crippen molar-refractivity contribution in [2.45, 2.75) is 110 Å². The fourth-order valence-corrected chi connectivity index (χ4v) is 3.08. The highest BCUT2D eigenvalue weighted by Crippen LogP contribution is 2.13. The highest BCUT2D eigenvalue weighted by Gasteiger charge is 1.96. The molecule has 3 N–H and O–H groups in total. The molecule has 0 spiro atoms. The topological polar surface area (TPSA) is 55.1 Å². The molecule has 1 rings (SSSR count). The van der Waals surface area contributed by atoms with E-state index in [1.165, 1.54) is 89.9 Å². The largest absolute Gasteiger partial charge is 0.370 e. The van der Waals surface area contributed by atoms with Crippen LogP contribution < -0.4 is 11.1 Å². The lowest BCUT2D eigenvalue weighted by molar-refractivity contribution is -0.118. The van der Waals surface area contributed by atoms with E-state index in [4.69, 9.17) is 5.73 Å². The van der Waals surface area contributed by atoms with Gasteiger partial charge in [-0.05, 0) is 18.6 Å².